The van der Waals surface area contributed by atoms with Gasteiger partial charge >= 0.3 is 6.03 Å². The fourth-order valence-electron chi connectivity index (χ4n) is 3.29. The van der Waals surface area contributed by atoms with Gasteiger partial charge in [0.25, 0.3) is 0 Å². The standard InChI is InChI=1S/C23H27N3O2/c1-5-28-22-9-7-6-8-21(22)25-23(27)24-15-19-14-17(3)26(18(19)4)20-12-10-16(2)11-13-20/h6-14H,5,15H2,1-4H3,(H2,24,25,27). The van der Waals surface area contributed by atoms with Crippen molar-refractivity contribution in [3.8, 4) is 11.4 Å². The lowest BCUT2D eigenvalue weighted by Gasteiger charge is -2.13. The molecular formula is C23H27N3O2. The number of hydrogen-bond acceptors (Lipinski definition) is 2. The zero-order chi connectivity index (χ0) is 20.1. The van der Waals surface area contributed by atoms with Gasteiger partial charge < -0.3 is 19.9 Å². The highest BCUT2D eigenvalue weighted by Crippen LogP contribution is 2.24. The highest BCUT2D eigenvalue weighted by molar-refractivity contribution is 5.90. The number of amides is 2. The lowest BCUT2D eigenvalue weighted by molar-refractivity contribution is 0.251. The minimum atomic E-state index is -0.257. The Kier molecular flexibility index (Phi) is 6.04. The van der Waals surface area contributed by atoms with Crippen LogP contribution in [-0.2, 0) is 6.54 Å². The predicted octanol–water partition coefficient (Wildman–Crippen LogP) is 5.12. The number of hydrogen-bond donors (Lipinski definition) is 2. The number of ether oxygens (including phenoxy) is 1. The van der Waals surface area contributed by atoms with Crippen LogP contribution in [0.5, 0.6) is 5.75 Å². The Morgan fingerprint density at radius 2 is 1.75 bits per heavy atom. The summed E-state index contributed by atoms with van der Waals surface area (Å²) in [4.78, 5) is 12.4. The first kappa shape index (κ1) is 19.5. The van der Waals surface area contributed by atoms with E-state index in [-0.39, 0.29) is 6.03 Å². The van der Waals surface area contributed by atoms with E-state index >= 15 is 0 Å². The Hall–Kier alpha value is -3.21. The number of urea groups is 1. The second kappa shape index (κ2) is 8.65. The Morgan fingerprint density at radius 1 is 1.04 bits per heavy atom. The van der Waals surface area contributed by atoms with Crippen LogP contribution in [0.15, 0.2) is 54.6 Å². The molecule has 2 aromatic carbocycles. The van der Waals surface area contributed by atoms with Gasteiger partial charge in [0.1, 0.15) is 5.75 Å². The van der Waals surface area contributed by atoms with Crippen molar-refractivity contribution in [2.45, 2.75) is 34.2 Å². The average Bonchev–Trinajstić information content (AvgIpc) is 2.96. The number of rotatable bonds is 6. The van der Waals surface area contributed by atoms with Gasteiger partial charge in [-0.1, -0.05) is 29.8 Å². The number of anilines is 1. The number of carbonyl (C=O) groups is 1. The van der Waals surface area contributed by atoms with Crippen LogP contribution in [0.4, 0.5) is 10.5 Å². The molecule has 0 unspecified atom stereocenters. The van der Waals surface area contributed by atoms with Crippen LogP contribution >= 0.6 is 0 Å². The van der Waals surface area contributed by atoms with Crippen LogP contribution in [0.25, 0.3) is 5.69 Å². The number of para-hydroxylation sites is 2. The molecule has 0 spiro atoms. The fourth-order valence-corrected chi connectivity index (χ4v) is 3.29. The quantitative estimate of drug-likeness (QED) is 0.626. The van der Waals surface area contributed by atoms with Crippen molar-refractivity contribution in [1.82, 2.24) is 9.88 Å². The topological polar surface area (TPSA) is 55.3 Å². The largest absolute Gasteiger partial charge is 0.492 e. The van der Waals surface area contributed by atoms with Crippen molar-refractivity contribution in [3.05, 3.63) is 77.1 Å². The number of aryl methyl sites for hydroxylation is 2. The van der Waals surface area contributed by atoms with E-state index in [1.54, 1.807) is 0 Å². The SMILES string of the molecule is CCOc1ccccc1NC(=O)NCc1cc(C)n(-c2ccc(C)cc2)c1C. The minimum Gasteiger partial charge on any atom is -0.492 e. The molecule has 0 aliphatic carbocycles. The highest BCUT2D eigenvalue weighted by Gasteiger charge is 2.12. The molecule has 2 amide bonds. The average molecular weight is 377 g/mol. The van der Waals surface area contributed by atoms with Crippen LogP contribution in [-0.4, -0.2) is 17.2 Å². The summed E-state index contributed by atoms with van der Waals surface area (Å²) in [5.74, 6) is 0.665. The van der Waals surface area contributed by atoms with Gasteiger partial charge in [0.15, 0.2) is 0 Å². The van der Waals surface area contributed by atoms with Crippen LogP contribution in [0, 0.1) is 20.8 Å². The van der Waals surface area contributed by atoms with E-state index in [2.05, 4.69) is 66.3 Å². The van der Waals surface area contributed by atoms with Gasteiger partial charge in [-0.15, -0.1) is 0 Å². The molecule has 0 radical (unpaired) electrons. The molecule has 146 valence electrons. The predicted molar refractivity (Wildman–Crippen MR) is 113 cm³/mol. The molecule has 5 nitrogen and oxygen atoms in total. The maximum Gasteiger partial charge on any atom is 0.319 e. The monoisotopic (exact) mass is 377 g/mol. The summed E-state index contributed by atoms with van der Waals surface area (Å²) in [6.07, 6.45) is 0. The van der Waals surface area contributed by atoms with Crippen molar-refractivity contribution in [2.24, 2.45) is 0 Å². The summed E-state index contributed by atoms with van der Waals surface area (Å²) in [7, 11) is 0. The second-order valence-corrected chi connectivity index (χ2v) is 6.80. The summed E-state index contributed by atoms with van der Waals surface area (Å²) in [6, 6.07) is 17.7. The van der Waals surface area contributed by atoms with Gasteiger partial charge in [0.05, 0.1) is 12.3 Å². The molecule has 0 fully saturated rings. The third-order valence-electron chi connectivity index (χ3n) is 4.70. The van der Waals surface area contributed by atoms with Gasteiger partial charge in [-0.3, -0.25) is 0 Å². The molecule has 0 atom stereocenters. The molecule has 2 N–H and O–H groups in total. The summed E-state index contributed by atoms with van der Waals surface area (Å²) in [5.41, 5.74) is 6.37. The highest BCUT2D eigenvalue weighted by atomic mass is 16.5. The van der Waals surface area contributed by atoms with Gasteiger partial charge in [-0.2, -0.15) is 0 Å². The Labute approximate surface area is 166 Å². The maximum atomic E-state index is 12.4. The van der Waals surface area contributed by atoms with E-state index in [4.69, 9.17) is 4.74 Å². The summed E-state index contributed by atoms with van der Waals surface area (Å²) >= 11 is 0. The molecule has 0 aliphatic rings. The minimum absolute atomic E-state index is 0.257. The third kappa shape index (κ3) is 4.36. The summed E-state index contributed by atoms with van der Waals surface area (Å²) in [5, 5.41) is 5.80. The van der Waals surface area contributed by atoms with E-state index in [9.17, 15) is 4.79 Å². The van der Waals surface area contributed by atoms with E-state index in [0.717, 1.165) is 22.6 Å². The molecule has 1 aromatic heterocycles. The number of aromatic nitrogens is 1. The van der Waals surface area contributed by atoms with Crippen molar-refractivity contribution >= 4 is 11.7 Å². The van der Waals surface area contributed by atoms with Gasteiger partial charge in [-0.25, -0.2) is 4.79 Å². The third-order valence-corrected chi connectivity index (χ3v) is 4.70. The first-order valence-electron chi connectivity index (χ1n) is 9.51. The molecule has 5 heteroatoms. The molecule has 3 aromatic rings. The lowest BCUT2D eigenvalue weighted by Crippen LogP contribution is -2.28. The van der Waals surface area contributed by atoms with Crippen molar-refractivity contribution in [1.29, 1.82) is 0 Å². The van der Waals surface area contributed by atoms with Crippen molar-refractivity contribution in [2.75, 3.05) is 11.9 Å². The van der Waals surface area contributed by atoms with Gasteiger partial charge in [0.2, 0.25) is 0 Å². The fraction of sp³-hybridized carbons (Fsp3) is 0.261. The van der Waals surface area contributed by atoms with Crippen LogP contribution < -0.4 is 15.4 Å². The zero-order valence-corrected chi connectivity index (χ0v) is 16.9. The molecule has 0 bridgehead atoms. The maximum absolute atomic E-state index is 12.4. The van der Waals surface area contributed by atoms with E-state index in [1.807, 2.05) is 31.2 Å². The van der Waals surface area contributed by atoms with Gasteiger partial charge in [-0.05, 0) is 63.6 Å². The summed E-state index contributed by atoms with van der Waals surface area (Å²) in [6.45, 7) is 9.15. The van der Waals surface area contributed by atoms with Gasteiger partial charge in [0, 0.05) is 23.6 Å². The van der Waals surface area contributed by atoms with E-state index in [0.29, 0.717) is 24.6 Å². The van der Waals surface area contributed by atoms with Crippen molar-refractivity contribution in [3.63, 3.8) is 0 Å². The van der Waals surface area contributed by atoms with Crippen LogP contribution in [0.1, 0.15) is 29.4 Å². The van der Waals surface area contributed by atoms with E-state index in [1.165, 1.54) is 5.56 Å². The van der Waals surface area contributed by atoms with Crippen molar-refractivity contribution < 1.29 is 9.53 Å². The molecule has 1 heterocycles. The first-order valence-corrected chi connectivity index (χ1v) is 9.51. The van der Waals surface area contributed by atoms with Crippen LogP contribution in [0.2, 0.25) is 0 Å². The summed E-state index contributed by atoms with van der Waals surface area (Å²) < 4.78 is 7.76. The molecule has 0 saturated heterocycles. The molecule has 0 aliphatic heterocycles. The Balaban J connectivity index is 1.69. The number of nitrogens with one attached hydrogen (secondary N) is 2. The second-order valence-electron chi connectivity index (χ2n) is 6.80. The molecule has 28 heavy (non-hydrogen) atoms. The Bertz CT molecular complexity index is 958. The zero-order valence-electron chi connectivity index (χ0n) is 16.9. The number of benzene rings is 2. The molecular weight excluding hydrogens is 350 g/mol. The smallest absolute Gasteiger partial charge is 0.319 e. The van der Waals surface area contributed by atoms with E-state index < -0.39 is 0 Å². The molecule has 0 saturated carbocycles. The normalized spacial score (nSPS) is 10.6. The van der Waals surface area contributed by atoms with Crippen LogP contribution in [0.3, 0.4) is 0 Å². The lowest BCUT2D eigenvalue weighted by atomic mass is 10.2. The number of carbonyl (C=O) groups excluding carboxylic acids is 1. The first-order chi connectivity index (χ1) is 13.5. The molecule has 3 rings (SSSR count). The number of nitrogens with zero attached hydrogens (tertiary/aromatic N) is 1. The Morgan fingerprint density at radius 3 is 2.46 bits per heavy atom.